The van der Waals surface area contributed by atoms with Crippen LogP contribution in [0.2, 0.25) is 0 Å². The van der Waals surface area contributed by atoms with Crippen molar-refractivity contribution in [2.45, 2.75) is 6.92 Å². The molecule has 0 aliphatic carbocycles. The number of hydrogen-bond acceptors (Lipinski definition) is 5. The molecule has 0 aliphatic rings. The summed E-state index contributed by atoms with van der Waals surface area (Å²) in [7, 11) is 3.20. The van der Waals surface area contributed by atoms with Crippen molar-refractivity contribution < 1.29 is 14.2 Å². The number of anilines is 1. The molecule has 0 fully saturated rings. The van der Waals surface area contributed by atoms with Crippen LogP contribution in [0.15, 0.2) is 47.6 Å². The lowest BCUT2D eigenvalue weighted by Crippen LogP contribution is -2.00. The third kappa shape index (κ3) is 3.91. The van der Waals surface area contributed by atoms with Gasteiger partial charge in [-0.2, -0.15) is 5.10 Å². The number of para-hydroxylation sites is 1. The maximum atomic E-state index is 5.57. The van der Waals surface area contributed by atoms with E-state index in [2.05, 4.69) is 10.5 Å². The molecule has 116 valence electrons. The zero-order valence-electron chi connectivity index (χ0n) is 13.0. The largest absolute Gasteiger partial charge is 0.493 e. The van der Waals surface area contributed by atoms with Crippen LogP contribution in [0.25, 0.3) is 0 Å². The minimum atomic E-state index is 0.537. The average molecular weight is 300 g/mol. The Morgan fingerprint density at radius 3 is 2.23 bits per heavy atom. The summed E-state index contributed by atoms with van der Waals surface area (Å²) >= 11 is 0. The van der Waals surface area contributed by atoms with Crippen molar-refractivity contribution in [2.75, 3.05) is 26.3 Å². The van der Waals surface area contributed by atoms with Gasteiger partial charge in [0, 0.05) is 5.56 Å². The second-order valence-corrected chi connectivity index (χ2v) is 4.42. The first-order valence-corrected chi connectivity index (χ1v) is 7.01. The maximum absolute atomic E-state index is 5.57. The van der Waals surface area contributed by atoms with Gasteiger partial charge in [0.25, 0.3) is 0 Å². The summed E-state index contributed by atoms with van der Waals surface area (Å²) in [5.41, 5.74) is 4.73. The Morgan fingerprint density at radius 1 is 1.05 bits per heavy atom. The summed E-state index contributed by atoms with van der Waals surface area (Å²) in [5, 5.41) is 4.21. The Balaban J connectivity index is 2.20. The summed E-state index contributed by atoms with van der Waals surface area (Å²) < 4.78 is 16.3. The fourth-order valence-corrected chi connectivity index (χ4v) is 1.96. The van der Waals surface area contributed by atoms with Gasteiger partial charge in [-0.25, -0.2) is 0 Å². The Labute approximate surface area is 130 Å². The van der Waals surface area contributed by atoms with Crippen LogP contribution in [0, 0.1) is 0 Å². The van der Waals surface area contributed by atoms with Gasteiger partial charge in [-0.1, -0.05) is 18.2 Å². The molecule has 0 radical (unpaired) electrons. The van der Waals surface area contributed by atoms with Gasteiger partial charge >= 0.3 is 0 Å². The molecule has 5 heteroatoms. The van der Waals surface area contributed by atoms with Crippen LogP contribution in [0.4, 0.5) is 5.69 Å². The van der Waals surface area contributed by atoms with E-state index in [1.54, 1.807) is 20.4 Å². The Bertz CT molecular complexity index is 602. The second kappa shape index (κ2) is 7.93. The van der Waals surface area contributed by atoms with Crippen LogP contribution in [-0.2, 0) is 0 Å². The van der Waals surface area contributed by atoms with E-state index in [1.165, 1.54) is 0 Å². The van der Waals surface area contributed by atoms with Gasteiger partial charge in [0.15, 0.2) is 11.5 Å². The summed E-state index contributed by atoms with van der Waals surface area (Å²) in [4.78, 5) is 0. The molecule has 0 unspecified atom stereocenters. The molecule has 5 nitrogen and oxygen atoms in total. The predicted octanol–water partition coefficient (Wildman–Crippen LogP) is 3.55. The SMILES string of the molecule is CCOc1c(OC)cc(C=NNc2ccccc2)cc1OC. The minimum absolute atomic E-state index is 0.537. The molecule has 0 aromatic heterocycles. The van der Waals surface area contributed by atoms with Gasteiger partial charge in [0.2, 0.25) is 5.75 Å². The van der Waals surface area contributed by atoms with E-state index in [0.717, 1.165) is 11.3 Å². The predicted molar refractivity (Wildman–Crippen MR) is 88.4 cm³/mol. The van der Waals surface area contributed by atoms with Crippen molar-refractivity contribution in [1.29, 1.82) is 0 Å². The first-order valence-electron chi connectivity index (χ1n) is 7.01. The van der Waals surface area contributed by atoms with E-state index in [4.69, 9.17) is 14.2 Å². The summed E-state index contributed by atoms with van der Waals surface area (Å²) in [6, 6.07) is 13.4. The molecule has 0 aliphatic heterocycles. The molecule has 0 spiro atoms. The normalized spacial score (nSPS) is 10.5. The highest BCUT2D eigenvalue weighted by atomic mass is 16.5. The molecular weight excluding hydrogens is 280 g/mol. The smallest absolute Gasteiger partial charge is 0.203 e. The van der Waals surface area contributed by atoms with Gasteiger partial charge in [0.05, 0.1) is 32.7 Å². The Hall–Kier alpha value is -2.69. The minimum Gasteiger partial charge on any atom is -0.493 e. The molecule has 0 saturated carbocycles. The third-order valence-electron chi connectivity index (χ3n) is 2.95. The molecule has 0 atom stereocenters. The monoisotopic (exact) mass is 300 g/mol. The number of nitrogens with one attached hydrogen (secondary N) is 1. The zero-order chi connectivity index (χ0) is 15.8. The quantitative estimate of drug-likeness (QED) is 0.627. The molecule has 2 aromatic carbocycles. The van der Waals surface area contributed by atoms with Crippen molar-refractivity contribution in [3.63, 3.8) is 0 Å². The highest BCUT2D eigenvalue weighted by Crippen LogP contribution is 2.38. The van der Waals surface area contributed by atoms with Gasteiger partial charge in [0.1, 0.15) is 0 Å². The van der Waals surface area contributed by atoms with Crippen molar-refractivity contribution >= 4 is 11.9 Å². The molecule has 0 amide bonds. The van der Waals surface area contributed by atoms with Crippen LogP contribution in [0.5, 0.6) is 17.2 Å². The van der Waals surface area contributed by atoms with Gasteiger partial charge in [-0.15, -0.1) is 0 Å². The van der Waals surface area contributed by atoms with E-state index in [-0.39, 0.29) is 0 Å². The van der Waals surface area contributed by atoms with E-state index in [9.17, 15) is 0 Å². The van der Waals surface area contributed by atoms with Crippen molar-refractivity contribution in [3.8, 4) is 17.2 Å². The molecule has 0 heterocycles. The van der Waals surface area contributed by atoms with Gasteiger partial charge in [-0.05, 0) is 31.2 Å². The number of rotatable bonds is 7. The number of methoxy groups -OCH3 is 2. The first-order chi connectivity index (χ1) is 10.8. The highest BCUT2D eigenvalue weighted by molar-refractivity contribution is 5.83. The Kier molecular flexibility index (Phi) is 5.65. The van der Waals surface area contributed by atoms with Crippen molar-refractivity contribution in [2.24, 2.45) is 5.10 Å². The number of nitrogens with zero attached hydrogens (tertiary/aromatic N) is 1. The lowest BCUT2D eigenvalue weighted by Gasteiger charge is -2.14. The fourth-order valence-electron chi connectivity index (χ4n) is 1.96. The molecule has 0 bridgehead atoms. The molecule has 0 saturated heterocycles. The van der Waals surface area contributed by atoms with Crippen molar-refractivity contribution in [1.82, 2.24) is 0 Å². The molecule has 1 N–H and O–H groups in total. The highest BCUT2D eigenvalue weighted by Gasteiger charge is 2.13. The first kappa shape index (κ1) is 15.7. The van der Waals surface area contributed by atoms with Crippen LogP contribution < -0.4 is 19.6 Å². The van der Waals surface area contributed by atoms with E-state index < -0.39 is 0 Å². The molecule has 2 rings (SSSR count). The third-order valence-corrected chi connectivity index (χ3v) is 2.95. The number of ether oxygens (including phenoxy) is 3. The van der Waals surface area contributed by atoms with E-state index in [0.29, 0.717) is 23.9 Å². The second-order valence-electron chi connectivity index (χ2n) is 4.42. The van der Waals surface area contributed by atoms with Crippen LogP contribution in [0.3, 0.4) is 0 Å². The van der Waals surface area contributed by atoms with E-state index in [1.807, 2.05) is 49.4 Å². The lowest BCUT2D eigenvalue weighted by atomic mass is 10.2. The average Bonchev–Trinajstić information content (AvgIpc) is 2.56. The van der Waals surface area contributed by atoms with Crippen LogP contribution in [-0.4, -0.2) is 27.0 Å². The topological polar surface area (TPSA) is 52.1 Å². The van der Waals surface area contributed by atoms with E-state index >= 15 is 0 Å². The summed E-state index contributed by atoms with van der Waals surface area (Å²) in [5.74, 6) is 1.82. The molecular formula is C17H20N2O3. The Morgan fingerprint density at radius 2 is 1.68 bits per heavy atom. The van der Waals surface area contributed by atoms with Crippen molar-refractivity contribution in [3.05, 3.63) is 48.0 Å². The summed E-state index contributed by atoms with van der Waals surface area (Å²) in [6.07, 6.45) is 1.70. The standard InChI is InChI=1S/C17H20N2O3/c1-4-22-17-15(20-2)10-13(11-16(17)21-3)12-18-19-14-8-6-5-7-9-14/h5-12,19H,4H2,1-3H3. The number of hydrogen-bond donors (Lipinski definition) is 1. The fraction of sp³-hybridized carbons (Fsp3) is 0.235. The maximum Gasteiger partial charge on any atom is 0.203 e. The lowest BCUT2D eigenvalue weighted by molar-refractivity contribution is 0.288. The van der Waals surface area contributed by atoms with Gasteiger partial charge in [-0.3, -0.25) is 5.43 Å². The zero-order valence-corrected chi connectivity index (χ0v) is 13.0. The number of benzene rings is 2. The molecule has 22 heavy (non-hydrogen) atoms. The summed E-state index contributed by atoms with van der Waals surface area (Å²) in [6.45, 7) is 2.45. The van der Waals surface area contributed by atoms with Crippen LogP contribution in [0.1, 0.15) is 12.5 Å². The van der Waals surface area contributed by atoms with Gasteiger partial charge < -0.3 is 14.2 Å². The number of hydrazone groups is 1. The molecule has 2 aromatic rings. The van der Waals surface area contributed by atoms with Crippen LogP contribution >= 0.6 is 0 Å².